The Labute approximate surface area is 128 Å². The number of rotatable bonds is 1. The summed E-state index contributed by atoms with van der Waals surface area (Å²) in [6, 6.07) is 10.3. The quantitative estimate of drug-likeness (QED) is 0.629. The average Bonchev–Trinajstić information content (AvgIpc) is 2.50. The second-order valence-corrected chi connectivity index (χ2v) is 6.21. The summed E-state index contributed by atoms with van der Waals surface area (Å²) in [7, 11) is -1.49. The van der Waals surface area contributed by atoms with Gasteiger partial charge in [0.25, 0.3) is 0 Å². The minimum absolute atomic E-state index is 0.340. The van der Waals surface area contributed by atoms with Crippen LogP contribution in [-0.4, -0.2) is 4.21 Å². The molecule has 2 aromatic carbocycles. The normalized spacial score (nSPS) is 18.7. The van der Waals surface area contributed by atoms with Gasteiger partial charge in [0.1, 0.15) is 0 Å². The van der Waals surface area contributed by atoms with Crippen molar-refractivity contribution in [3.05, 3.63) is 77.9 Å². The fourth-order valence-electron chi connectivity index (χ4n) is 2.49. The van der Waals surface area contributed by atoms with Crippen molar-refractivity contribution >= 4 is 16.4 Å². The summed E-state index contributed by atoms with van der Waals surface area (Å²) < 4.78 is 51.4. The molecule has 3 rings (SSSR count). The van der Waals surface area contributed by atoms with E-state index in [2.05, 4.69) is 6.58 Å². The minimum atomic E-state index is -4.44. The zero-order chi connectivity index (χ0) is 15.9. The molecule has 0 fully saturated rings. The summed E-state index contributed by atoms with van der Waals surface area (Å²) in [6.07, 6.45) is -1.27. The van der Waals surface area contributed by atoms with E-state index < -0.39 is 22.5 Å². The van der Waals surface area contributed by atoms with Crippen LogP contribution in [0.2, 0.25) is 0 Å². The van der Waals surface area contributed by atoms with Crippen molar-refractivity contribution in [2.75, 3.05) is 0 Å². The first-order chi connectivity index (χ1) is 10.4. The van der Waals surface area contributed by atoms with E-state index in [9.17, 15) is 17.4 Å². The predicted octanol–water partition coefficient (Wildman–Crippen LogP) is 4.80. The van der Waals surface area contributed by atoms with Gasteiger partial charge in [-0.25, -0.2) is 4.21 Å². The number of halogens is 3. The summed E-state index contributed by atoms with van der Waals surface area (Å²) >= 11 is 0. The SMILES string of the molecule is C=CC=C1c2ccccc2S(=O)c2ccc(C(F)(F)F)cc21. The summed E-state index contributed by atoms with van der Waals surface area (Å²) in [5.41, 5.74) is 0.864. The lowest BCUT2D eigenvalue weighted by molar-refractivity contribution is -0.137. The van der Waals surface area contributed by atoms with Gasteiger partial charge in [0.05, 0.1) is 26.2 Å². The number of hydrogen-bond acceptors (Lipinski definition) is 1. The van der Waals surface area contributed by atoms with Gasteiger partial charge in [-0.3, -0.25) is 0 Å². The van der Waals surface area contributed by atoms with E-state index in [1.807, 2.05) is 0 Å². The Kier molecular flexibility index (Phi) is 3.53. The molecule has 1 atom stereocenters. The molecule has 0 aromatic heterocycles. The van der Waals surface area contributed by atoms with Crippen molar-refractivity contribution in [2.45, 2.75) is 16.0 Å². The molecule has 0 radical (unpaired) electrons. The molecule has 1 unspecified atom stereocenters. The zero-order valence-corrected chi connectivity index (χ0v) is 12.2. The van der Waals surface area contributed by atoms with Crippen LogP contribution < -0.4 is 0 Å². The van der Waals surface area contributed by atoms with Crippen molar-refractivity contribution in [2.24, 2.45) is 0 Å². The highest BCUT2D eigenvalue weighted by atomic mass is 32.2. The molecule has 0 bridgehead atoms. The van der Waals surface area contributed by atoms with Gasteiger partial charge in [-0.1, -0.05) is 36.9 Å². The molecule has 1 heterocycles. The van der Waals surface area contributed by atoms with Crippen LogP contribution in [0.1, 0.15) is 16.7 Å². The second kappa shape index (κ2) is 5.25. The van der Waals surface area contributed by atoms with Gasteiger partial charge in [-0.05, 0) is 41.0 Å². The first-order valence-electron chi connectivity index (χ1n) is 6.49. The minimum Gasteiger partial charge on any atom is -0.249 e. The van der Waals surface area contributed by atoms with E-state index in [-0.39, 0.29) is 0 Å². The molecule has 2 aromatic rings. The second-order valence-electron chi connectivity index (χ2n) is 4.79. The van der Waals surface area contributed by atoms with E-state index in [1.54, 1.807) is 30.3 Å². The van der Waals surface area contributed by atoms with Gasteiger partial charge in [0.2, 0.25) is 0 Å². The molecular formula is C17H11F3OS. The van der Waals surface area contributed by atoms with Crippen LogP contribution in [0.25, 0.3) is 5.57 Å². The molecule has 1 aliphatic rings. The monoisotopic (exact) mass is 320 g/mol. The summed E-state index contributed by atoms with van der Waals surface area (Å²) in [5, 5.41) is 0. The van der Waals surface area contributed by atoms with Crippen LogP contribution in [0.15, 0.2) is 71.0 Å². The maximum absolute atomic E-state index is 12.9. The first kappa shape index (κ1) is 14.8. The summed E-state index contributed by atoms with van der Waals surface area (Å²) in [6.45, 7) is 3.62. The lowest BCUT2D eigenvalue weighted by Gasteiger charge is -2.23. The number of hydrogen-bond donors (Lipinski definition) is 0. The van der Waals surface area contributed by atoms with E-state index in [0.29, 0.717) is 26.5 Å². The third kappa shape index (κ3) is 2.31. The van der Waals surface area contributed by atoms with Crippen molar-refractivity contribution in [1.82, 2.24) is 0 Å². The molecule has 0 aliphatic carbocycles. The first-order valence-corrected chi connectivity index (χ1v) is 7.64. The Morgan fingerprint density at radius 3 is 2.36 bits per heavy atom. The number of alkyl halides is 3. The third-order valence-corrected chi connectivity index (χ3v) is 4.97. The fraction of sp³-hybridized carbons (Fsp3) is 0.0588. The van der Waals surface area contributed by atoms with Crippen LogP contribution in [0.4, 0.5) is 13.2 Å². The van der Waals surface area contributed by atoms with Crippen LogP contribution >= 0.6 is 0 Å². The van der Waals surface area contributed by atoms with Gasteiger partial charge >= 0.3 is 6.18 Å². The van der Waals surface area contributed by atoms with Crippen LogP contribution in [0, 0.1) is 0 Å². The highest BCUT2D eigenvalue weighted by Crippen LogP contribution is 2.41. The van der Waals surface area contributed by atoms with E-state index in [0.717, 1.165) is 12.1 Å². The largest absolute Gasteiger partial charge is 0.416 e. The maximum Gasteiger partial charge on any atom is 0.416 e. The molecule has 0 saturated heterocycles. The maximum atomic E-state index is 12.9. The summed E-state index contributed by atoms with van der Waals surface area (Å²) in [5.74, 6) is 0. The Morgan fingerprint density at radius 2 is 1.68 bits per heavy atom. The molecule has 1 aliphatic heterocycles. The topological polar surface area (TPSA) is 17.1 Å². The standard InChI is InChI=1S/C17H11F3OS/c1-2-5-12-13-6-3-4-7-15(13)22(21)16-9-8-11(10-14(12)16)17(18,19)20/h2-10H,1H2. The van der Waals surface area contributed by atoms with E-state index in [4.69, 9.17) is 0 Å². The van der Waals surface area contributed by atoms with Gasteiger partial charge in [-0.2, -0.15) is 13.2 Å². The molecule has 0 N–H and O–H groups in total. The molecule has 5 heteroatoms. The van der Waals surface area contributed by atoms with Gasteiger partial charge in [0, 0.05) is 0 Å². The molecule has 0 saturated carbocycles. The number of benzene rings is 2. The van der Waals surface area contributed by atoms with Crippen molar-refractivity contribution in [3.8, 4) is 0 Å². The third-order valence-electron chi connectivity index (χ3n) is 3.46. The van der Waals surface area contributed by atoms with Gasteiger partial charge in [0.15, 0.2) is 0 Å². The lowest BCUT2D eigenvalue weighted by Crippen LogP contribution is -2.12. The average molecular weight is 320 g/mol. The lowest BCUT2D eigenvalue weighted by atomic mass is 9.95. The van der Waals surface area contributed by atoms with E-state index >= 15 is 0 Å². The smallest absolute Gasteiger partial charge is 0.249 e. The van der Waals surface area contributed by atoms with Crippen LogP contribution in [-0.2, 0) is 17.0 Å². The number of fused-ring (bicyclic) bond motifs is 2. The Bertz CT molecular complexity index is 819. The summed E-state index contributed by atoms with van der Waals surface area (Å²) in [4.78, 5) is 0.989. The van der Waals surface area contributed by atoms with Crippen molar-refractivity contribution in [1.29, 1.82) is 0 Å². The van der Waals surface area contributed by atoms with E-state index in [1.165, 1.54) is 12.1 Å². The highest BCUT2D eigenvalue weighted by Gasteiger charge is 2.33. The molecule has 22 heavy (non-hydrogen) atoms. The van der Waals surface area contributed by atoms with Crippen LogP contribution in [0.5, 0.6) is 0 Å². The Balaban J connectivity index is 2.31. The number of allylic oxidation sites excluding steroid dienone is 2. The molecule has 112 valence electrons. The van der Waals surface area contributed by atoms with Crippen LogP contribution in [0.3, 0.4) is 0 Å². The fourth-order valence-corrected chi connectivity index (χ4v) is 3.87. The molecule has 0 spiro atoms. The highest BCUT2D eigenvalue weighted by molar-refractivity contribution is 7.85. The molecule has 1 nitrogen and oxygen atoms in total. The van der Waals surface area contributed by atoms with Crippen molar-refractivity contribution < 1.29 is 17.4 Å². The Hall–Kier alpha value is -2.14. The zero-order valence-electron chi connectivity index (χ0n) is 11.4. The van der Waals surface area contributed by atoms with Gasteiger partial charge < -0.3 is 0 Å². The molecular weight excluding hydrogens is 309 g/mol. The Morgan fingerprint density at radius 1 is 1.00 bits per heavy atom. The molecule has 0 amide bonds. The van der Waals surface area contributed by atoms with Crippen molar-refractivity contribution in [3.63, 3.8) is 0 Å². The van der Waals surface area contributed by atoms with Gasteiger partial charge in [-0.15, -0.1) is 0 Å². The predicted molar refractivity (Wildman–Crippen MR) is 79.8 cm³/mol.